The number of amides is 1. The minimum absolute atomic E-state index is 0.0481. The smallest absolute Gasteiger partial charge is 0.347 e. The van der Waals surface area contributed by atoms with Crippen LogP contribution in [0, 0.1) is 16.8 Å². The number of anilines is 1. The van der Waals surface area contributed by atoms with Crippen molar-refractivity contribution in [3.63, 3.8) is 0 Å². The molecule has 1 aliphatic heterocycles. The zero-order valence-electron chi connectivity index (χ0n) is 18.3. The van der Waals surface area contributed by atoms with Gasteiger partial charge in [-0.1, -0.05) is 6.07 Å². The Labute approximate surface area is 196 Å². The fourth-order valence-corrected chi connectivity index (χ4v) is 4.02. The molecule has 12 heteroatoms. The van der Waals surface area contributed by atoms with Crippen LogP contribution in [-0.4, -0.2) is 22.0 Å². The Kier molecular flexibility index (Phi) is 6.72. The molecule has 2 N–H and O–H groups in total. The topological polar surface area (TPSA) is 103 Å². The van der Waals surface area contributed by atoms with E-state index in [1.54, 1.807) is 0 Å². The summed E-state index contributed by atoms with van der Waals surface area (Å²) in [5.74, 6) is -6.03. The molecule has 0 spiro atoms. The maximum atomic E-state index is 14.5. The van der Waals surface area contributed by atoms with E-state index in [0.717, 1.165) is 24.4 Å². The molecule has 0 fully saturated rings. The Hall–Kier alpha value is -3.96. The van der Waals surface area contributed by atoms with Crippen molar-refractivity contribution in [2.24, 2.45) is 0 Å². The van der Waals surface area contributed by atoms with Gasteiger partial charge in [-0.15, -0.1) is 0 Å². The number of carbonyl (C=O) groups excluding carboxylic acids is 1. The van der Waals surface area contributed by atoms with Gasteiger partial charge in [-0.3, -0.25) is 9.59 Å². The van der Waals surface area contributed by atoms with Crippen LogP contribution in [0.1, 0.15) is 35.8 Å². The minimum atomic E-state index is -3.58. The van der Waals surface area contributed by atoms with E-state index < -0.39 is 47.3 Å². The summed E-state index contributed by atoms with van der Waals surface area (Å²) < 4.78 is 57.9. The van der Waals surface area contributed by atoms with Crippen LogP contribution in [0.5, 0.6) is 0 Å². The maximum Gasteiger partial charge on any atom is 0.347 e. The van der Waals surface area contributed by atoms with Crippen molar-refractivity contribution in [1.82, 2.24) is 14.9 Å². The first-order valence-electron chi connectivity index (χ1n) is 10.8. The molecule has 0 aliphatic carbocycles. The lowest BCUT2D eigenvalue weighted by Crippen LogP contribution is -2.41. The van der Waals surface area contributed by atoms with Crippen LogP contribution >= 0.6 is 0 Å². The first-order chi connectivity index (χ1) is 16.7. The number of pyridine rings is 1. The third kappa shape index (κ3) is 5.10. The molecule has 3 heterocycles. The molecule has 1 unspecified atom stereocenters. The number of aryl methyl sites for hydroxylation is 1. The predicted molar refractivity (Wildman–Crippen MR) is 116 cm³/mol. The average Bonchev–Trinajstić information content (AvgIpc) is 3.22. The summed E-state index contributed by atoms with van der Waals surface area (Å²) in [5, 5.41) is 16.4. The van der Waals surface area contributed by atoms with Crippen LogP contribution in [0.2, 0.25) is 0 Å². The molecule has 1 atom stereocenters. The minimum Gasteiger partial charge on any atom is -0.618 e. The van der Waals surface area contributed by atoms with Crippen molar-refractivity contribution >= 4 is 11.7 Å². The number of fused-ring (bicyclic) bond motifs is 1. The van der Waals surface area contributed by atoms with Crippen LogP contribution < -0.4 is 20.9 Å². The third-order valence-corrected chi connectivity index (χ3v) is 5.79. The second-order valence-corrected chi connectivity index (χ2v) is 8.12. The Morgan fingerprint density at radius 1 is 1.20 bits per heavy atom. The van der Waals surface area contributed by atoms with Gasteiger partial charge >= 0.3 is 5.92 Å². The van der Waals surface area contributed by atoms with E-state index in [0.29, 0.717) is 18.5 Å². The Bertz CT molecular complexity index is 1290. The van der Waals surface area contributed by atoms with E-state index in [9.17, 15) is 32.4 Å². The quantitative estimate of drug-likeness (QED) is 0.287. The van der Waals surface area contributed by atoms with E-state index in [1.807, 2.05) is 0 Å². The number of nitrogens with zero attached hydrogens (tertiary/aromatic N) is 3. The summed E-state index contributed by atoms with van der Waals surface area (Å²) in [7, 11) is 0. The van der Waals surface area contributed by atoms with Gasteiger partial charge in [0.1, 0.15) is 11.6 Å². The number of hydrogen-bond donors (Lipinski definition) is 2. The molecule has 8 nitrogen and oxygen atoms in total. The van der Waals surface area contributed by atoms with Gasteiger partial charge in [-0.25, -0.2) is 13.8 Å². The highest BCUT2D eigenvalue weighted by Crippen LogP contribution is 2.28. The molecule has 2 aromatic heterocycles. The SMILES string of the molecule is O=C(CC1CCc2cnc(NCC(F)(F)c3cccc[n+]3[O-])c(=O)n21)NCc1c(F)cccc1F. The van der Waals surface area contributed by atoms with Gasteiger partial charge in [0.15, 0.2) is 12.0 Å². The van der Waals surface area contributed by atoms with Crippen LogP contribution in [0.3, 0.4) is 0 Å². The molecule has 184 valence electrons. The van der Waals surface area contributed by atoms with Gasteiger partial charge < -0.3 is 20.4 Å². The van der Waals surface area contributed by atoms with Gasteiger partial charge in [0, 0.05) is 48.6 Å². The lowest BCUT2D eigenvalue weighted by atomic mass is 10.1. The summed E-state index contributed by atoms with van der Waals surface area (Å²) in [5.41, 5.74) is -1.21. The van der Waals surface area contributed by atoms with E-state index in [2.05, 4.69) is 15.6 Å². The second kappa shape index (κ2) is 9.72. The number of nitrogens with one attached hydrogen (secondary N) is 2. The normalized spacial score (nSPS) is 15.0. The fourth-order valence-electron chi connectivity index (χ4n) is 4.02. The summed E-state index contributed by atoms with van der Waals surface area (Å²) in [6, 6.07) is 6.40. The molecule has 4 rings (SSSR count). The van der Waals surface area contributed by atoms with E-state index in [4.69, 9.17) is 0 Å². The lowest BCUT2D eigenvalue weighted by molar-refractivity contribution is -0.624. The van der Waals surface area contributed by atoms with Gasteiger partial charge in [-0.05, 0) is 31.0 Å². The Morgan fingerprint density at radius 3 is 2.66 bits per heavy atom. The lowest BCUT2D eigenvalue weighted by Gasteiger charge is -2.18. The number of halogens is 4. The summed E-state index contributed by atoms with van der Waals surface area (Å²) >= 11 is 0. The highest BCUT2D eigenvalue weighted by atomic mass is 19.3. The highest BCUT2D eigenvalue weighted by Gasteiger charge is 2.39. The molecule has 1 amide bonds. The third-order valence-electron chi connectivity index (χ3n) is 5.79. The van der Waals surface area contributed by atoms with Crippen molar-refractivity contribution in [1.29, 1.82) is 0 Å². The van der Waals surface area contributed by atoms with Gasteiger partial charge in [-0.2, -0.15) is 13.5 Å². The molecule has 0 bridgehead atoms. The molecular formula is C23H21F4N5O3. The first-order valence-corrected chi connectivity index (χ1v) is 10.8. The Balaban J connectivity index is 1.44. The van der Waals surface area contributed by atoms with Crippen molar-refractivity contribution in [2.75, 3.05) is 11.9 Å². The van der Waals surface area contributed by atoms with E-state index in [-0.39, 0.29) is 29.1 Å². The highest BCUT2D eigenvalue weighted by molar-refractivity contribution is 5.76. The molecule has 1 aromatic carbocycles. The molecule has 0 saturated carbocycles. The molecule has 0 radical (unpaired) electrons. The zero-order valence-corrected chi connectivity index (χ0v) is 18.3. The van der Waals surface area contributed by atoms with Gasteiger partial charge in [0.2, 0.25) is 5.91 Å². The largest absolute Gasteiger partial charge is 0.618 e. The number of rotatable bonds is 8. The molecular weight excluding hydrogens is 470 g/mol. The summed E-state index contributed by atoms with van der Waals surface area (Å²) in [6.45, 7) is -1.40. The first kappa shape index (κ1) is 24.2. The average molecular weight is 491 g/mol. The molecule has 1 aliphatic rings. The second-order valence-electron chi connectivity index (χ2n) is 8.12. The van der Waals surface area contributed by atoms with Gasteiger partial charge in [0.25, 0.3) is 11.3 Å². The number of alkyl halides is 2. The van der Waals surface area contributed by atoms with Crippen LogP contribution in [0.15, 0.2) is 53.6 Å². The molecule has 0 saturated heterocycles. The van der Waals surface area contributed by atoms with Crippen LogP contribution in [-0.2, 0) is 23.7 Å². The zero-order chi connectivity index (χ0) is 25.2. The van der Waals surface area contributed by atoms with Crippen LogP contribution in [0.4, 0.5) is 23.4 Å². The number of benzene rings is 1. The molecule has 3 aromatic rings. The van der Waals surface area contributed by atoms with Crippen molar-refractivity contribution in [2.45, 2.75) is 37.8 Å². The number of aromatic nitrogens is 3. The number of hydrogen-bond acceptors (Lipinski definition) is 5. The van der Waals surface area contributed by atoms with Crippen molar-refractivity contribution in [3.05, 3.63) is 92.9 Å². The number of carbonyl (C=O) groups is 1. The fraction of sp³-hybridized carbons (Fsp3) is 0.304. The molecule has 35 heavy (non-hydrogen) atoms. The van der Waals surface area contributed by atoms with Crippen molar-refractivity contribution in [3.8, 4) is 0 Å². The summed E-state index contributed by atoms with van der Waals surface area (Å²) in [6.07, 6.45) is 3.03. The van der Waals surface area contributed by atoms with Crippen LogP contribution in [0.25, 0.3) is 0 Å². The van der Waals surface area contributed by atoms with Crippen molar-refractivity contribution < 1.29 is 27.1 Å². The predicted octanol–water partition coefficient (Wildman–Crippen LogP) is 2.55. The summed E-state index contributed by atoms with van der Waals surface area (Å²) in [4.78, 5) is 29.3. The monoisotopic (exact) mass is 491 g/mol. The maximum absolute atomic E-state index is 14.5. The standard InChI is InChI=1S/C23H21F4N5O3/c24-17-4-3-5-18(25)16(17)12-28-20(33)10-14-7-8-15-11-29-21(22(34)32(14)15)30-13-23(26,27)19-6-1-2-9-31(19)35/h1-6,9,11,14H,7-8,10,12-13H2,(H,28,33)(H,29,30). The van der Waals surface area contributed by atoms with Gasteiger partial charge in [0.05, 0.1) is 6.54 Å². The van der Waals surface area contributed by atoms with E-state index in [1.165, 1.54) is 29.0 Å². The Morgan fingerprint density at radius 2 is 1.94 bits per heavy atom. The van der Waals surface area contributed by atoms with E-state index >= 15 is 0 Å².